The van der Waals surface area contributed by atoms with Gasteiger partial charge < -0.3 is 20.1 Å². The number of carbonyl (C=O) groups excluding carboxylic acids is 1. The molecule has 0 radical (unpaired) electrons. The van der Waals surface area contributed by atoms with Gasteiger partial charge in [0, 0.05) is 39.8 Å². The third-order valence-corrected chi connectivity index (χ3v) is 5.12. The van der Waals surface area contributed by atoms with Crippen molar-refractivity contribution in [3.63, 3.8) is 0 Å². The fourth-order valence-corrected chi connectivity index (χ4v) is 3.35. The molecule has 1 heterocycles. The molecule has 1 saturated heterocycles. The number of nitrogens with one attached hydrogen (secondary N) is 2. The number of rotatable bonds is 7. The maximum atomic E-state index is 11.5. The standard InChI is InChI=1S/C23H30N4O3.HI/c1-24-23(25-15-18-7-9-19(10-8-18)22(28)29-2)26-16-20-5-3-4-6-21(20)17-27-11-13-30-14-12-27;/h3-10H,11-17H2,1-2H3,(H2,24,25,26);1H. The van der Waals surface area contributed by atoms with Crippen molar-refractivity contribution in [1.29, 1.82) is 0 Å². The monoisotopic (exact) mass is 538 g/mol. The average Bonchev–Trinajstić information content (AvgIpc) is 2.80. The van der Waals surface area contributed by atoms with E-state index in [9.17, 15) is 4.79 Å². The smallest absolute Gasteiger partial charge is 0.337 e. The molecule has 3 rings (SSSR count). The Morgan fingerprint density at radius 3 is 2.32 bits per heavy atom. The number of esters is 1. The molecule has 0 amide bonds. The first-order valence-corrected chi connectivity index (χ1v) is 10.2. The molecule has 2 N–H and O–H groups in total. The summed E-state index contributed by atoms with van der Waals surface area (Å²) in [6, 6.07) is 15.8. The highest BCUT2D eigenvalue weighted by Gasteiger charge is 2.13. The lowest BCUT2D eigenvalue weighted by atomic mass is 10.1. The fourth-order valence-electron chi connectivity index (χ4n) is 3.35. The van der Waals surface area contributed by atoms with Crippen LogP contribution in [-0.4, -0.2) is 57.3 Å². The first kappa shape index (κ1) is 25.1. The van der Waals surface area contributed by atoms with E-state index in [-0.39, 0.29) is 29.9 Å². The molecule has 1 aliphatic rings. The molecular weight excluding hydrogens is 507 g/mol. The summed E-state index contributed by atoms with van der Waals surface area (Å²) in [5.74, 6) is 0.399. The van der Waals surface area contributed by atoms with Gasteiger partial charge in [-0.15, -0.1) is 24.0 Å². The number of methoxy groups -OCH3 is 1. The van der Waals surface area contributed by atoms with E-state index in [0.29, 0.717) is 18.7 Å². The van der Waals surface area contributed by atoms with Gasteiger partial charge in [0.05, 0.1) is 25.9 Å². The van der Waals surface area contributed by atoms with Gasteiger partial charge >= 0.3 is 5.97 Å². The molecule has 31 heavy (non-hydrogen) atoms. The normalized spacial score (nSPS) is 14.5. The molecule has 7 nitrogen and oxygen atoms in total. The van der Waals surface area contributed by atoms with Gasteiger partial charge in [-0.3, -0.25) is 9.89 Å². The number of morpholine rings is 1. The van der Waals surface area contributed by atoms with Crippen molar-refractivity contribution in [3.8, 4) is 0 Å². The summed E-state index contributed by atoms with van der Waals surface area (Å²) in [4.78, 5) is 18.3. The van der Waals surface area contributed by atoms with Crippen molar-refractivity contribution in [2.24, 2.45) is 4.99 Å². The van der Waals surface area contributed by atoms with Crippen molar-refractivity contribution in [2.75, 3.05) is 40.5 Å². The van der Waals surface area contributed by atoms with Crippen LogP contribution in [0.3, 0.4) is 0 Å². The maximum absolute atomic E-state index is 11.5. The summed E-state index contributed by atoms with van der Waals surface area (Å²) >= 11 is 0. The number of hydrogen-bond acceptors (Lipinski definition) is 5. The highest BCUT2D eigenvalue weighted by Crippen LogP contribution is 2.13. The van der Waals surface area contributed by atoms with Crippen LogP contribution in [0.25, 0.3) is 0 Å². The number of aliphatic imine (C=N–C) groups is 1. The first-order chi connectivity index (χ1) is 14.7. The Kier molecular flexibility index (Phi) is 10.8. The van der Waals surface area contributed by atoms with E-state index in [1.165, 1.54) is 18.2 Å². The second-order valence-corrected chi connectivity index (χ2v) is 7.13. The molecule has 0 bridgehead atoms. The predicted molar refractivity (Wildman–Crippen MR) is 133 cm³/mol. The second-order valence-electron chi connectivity index (χ2n) is 7.13. The molecule has 1 aliphatic heterocycles. The molecule has 0 spiro atoms. The Morgan fingerprint density at radius 1 is 1.03 bits per heavy atom. The van der Waals surface area contributed by atoms with Crippen molar-refractivity contribution in [3.05, 3.63) is 70.8 Å². The van der Waals surface area contributed by atoms with Crippen molar-refractivity contribution in [1.82, 2.24) is 15.5 Å². The molecule has 0 saturated carbocycles. The highest BCUT2D eigenvalue weighted by atomic mass is 127. The lowest BCUT2D eigenvalue weighted by Crippen LogP contribution is -2.37. The number of carbonyl (C=O) groups is 1. The van der Waals surface area contributed by atoms with Gasteiger partial charge in [-0.05, 0) is 28.8 Å². The number of ether oxygens (including phenoxy) is 2. The van der Waals surface area contributed by atoms with Crippen LogP contribution in [0.4, 0.5) is 0 Å². The molecule has 0 aromatic heterocycles. The first-order valence-electron chi connectivity index (χ1n) is 10.2. The van der Waals surface area contributed by atoms with E-state index in [2.05, 4.69) is 44.8 Å². The van der Waals surface area contributed by atoms with Crippen LogP contribution in [0.1, 0.15) is 27.0 Å². The van der Waals surface area contributed by atoms with Crippen molar-refractivity contribution in [2.45, 2.75) is 19.6 Å². The molecule has 2 aromatic carbocycles. The Hall–Kier alpha value is -2.17. The number of halogens is 1. The number of benzene rings is 2. The fraction of sp³-hybridized carbons (Fsp3) is 0.391. The Bertz CT molecular complexity index is 852. The summed E-state index contributed by atoms with van der Waals surface area (Å²) in [5.41, 5.74) is 4.18. The van der Waals surface area contributed by atoms with Gasteiger partial charge in [-0.25, -0.2) is 4.79 Å². The number of nitrogens with zero attached hydrogens (tertiary/aromatic N) is 2. The summed E-state index contributed by atoms with van der Waals surface area (Å²) < 4.78 is 10.2. The topological polar surface area (TPSA) is 75.2 Å². The highest BCUT2D eigenvalue weighted by molar-refractivity contribution is 14.0. The van der Waals surface area contributed by atoms with E-state index >= 15 is 0 Å². The van der Waals surface area contributed by atoms with Gasteiger partial charge in [0.25, 0.3) is 0 Å². The van der Waals surface area contributed by atoms with Crippen LogP contribution in [-0.2, 0) is 29.1 Å². The molecule has 0 unspecified atom stereocenters. The van der Waals surface area contributed by atoms with Gasteiger partial charge in [-0.2, -0.15) is 0 Å². The lowest BCUT2D eigenvalue weighted by molar-refractivity contribution is 0.0341. The Labute approximate surface area is 201 Å². The SMILES string of the molecule is CN=C(NCc1ccc(C(=O)OC)cc1)NCc1ccccc1CN1CCOCC1.I. The Balaban J connectivity index is 0.00000341. The van der Waals surface area contributed by atoms with Crippen molar-refractivity contribution < 1.29 is 14.3 Å². The van der Waals surface area contributed by atoms with Crippen LogP contribution >= 0.6 is 24.0 Å². The predicted octanol–water partition coefficient (Wildman–Crippen LogP) is 2.79. The molecular formula is C23H31IN4O3. The minimum atomic E-state index is -0.331. The zero-order chi connectivity index (χ0) is 21.2. The van der Waals surface area contributed by atoms with E-state index < -0.39 is 0 Å². The minimum absolute atomic E-state index is 0. The second kappa shape index (κ2) is 13.3. The largest absolute Gasteiger partial charge is 0.465 e. The van der Waals surface area contributed by atoms with Crippen LogP contribution in [0.5, 0.6) is 0 Å². The summed E-state index contributed by atoms with van der Waals surface area (Å²) in [5, 5.41) is 6.71. The van der Waals surface area contributed by atoms with E-state index in [1.54, 1.807) is 19.2 Å². The molecule has 1 fully saturated rings. The van der Waals surface area contributed by atoms with Crippen molar-refractivity contribution >= 4 is 35.9 Å². The van der Waals surface area contributed by atoms with Gasteiger partial charge in [0.1, 0.15) is 0 Å². The third kappa shape index (κ3) is 7.79. The van der Waals surface area contributed by atoms with Gasteiger partial charge in [-0.1, -0.05) is 36.4 Å². The zero-order valence-corrected chi connectivity index (χ0v) is 20.4. The molecule has 0 atom stereocenters. The quantitative estimate of drug-likeness (QED) is 0.245. The molecule has 0 aliphatic carbocycles. The van der Waals surface area contributed by atoms with E-state index in [1.807, 2.05) is 12.1 Å². The zero-order valence-electron chi connectivity index (χ0n) is 18.1. The third-order valence-electron chi connectivity index (χ3n) is 5.12. The van der Waals surface area contributed by atoms with E-state index in [0.717, 1.165) is 44.4 Å². The number of hydrogen-bond donors (Lipinski definition) is 2. The van der Waals surface area contributed by atoms with Crippen LogP contribution in [0, 0.1) is 0 Å². The lowest BCUT2D eigenvalue weighted by Gasteiger charge is -2.27. The Morgan fingerprint density at radius 2 is 1.68 bits per heavy atom. The van der Waals surface area contributed by atoms with Gasteiger partial charge in [0.2, 0.25) is 0 Å². The average molecular weight is 538 g/mol. The molecule has 2 aromatic rings. The van der Waals surface area contributed by atoms with E-state index in [4.69, 9.17) is 9.47 Å². The molecule has 8 heteroatoms. The molecule has 168 valence electrons. The maximum Gasteiger partial charge on any atom is 0.337 e. The summed E-state index contributed by atoms with van der Waals surface area (Å²) in [7, 11) is 3.14. The minimum Gasteiger partial charge on any atom is -0.465 e. The van der Waals surface area contributed by atoms with Crippen LogP contribution in [0.2, 0.25) is 0 Å². The summed E-state index contributed by atoms with van der Waals surface area (Å²) in [6.45, 7) is 5.78. The number of guanidine groups is 1. The van der Waals surface area contributed by atoms with Gasteiger partial charge in [0.15, 0.2) is 5.96 Å². The summed E-state index contributed by atoms with van der Waals surface area (Å²) in [6.07, 6.45) is 0. The van der Waals surface area contributed by atoms with Crippen LogP contribution in [0.15, 0.2) is 53.5 Å². The van der Waals surface area contributed by atoms with Crippen LogP contribution < -0.4 is 10.6 Å².